The van der Waals surface area contributed by atoms with E-state index in [1.807, 2.05) is 30.3 Å². The van der Waals surface area contributed by atoms with Gasteiger partial charge in [0.2, 0.25) is 5.91 Å². The van der Waals surface area contributed by atoms with Crippen LogP contribution in [0.15, 0.2) is 64.2 Å². The average Bonchev–Trinajstić information content (AvgIpc) is 3.56. The normalized spacial score (nSPS) is 17.2. The number of benzene rings is 2. The second-order valence-corrected chi connectivity index (χ2v) is 12.2. The minimum absolute atomic E-state index is 0.00695. The first-order valence-corrected chi connectivity index (χ1v) is 14.9. The SMILES string of the molecule is CCOC(=O)CN1CCN(S(=O)(=O)c2cccs2)C(C(=O)Nc2ccc3c(c2)c2ccccc2n3CC)C1. The molecule has 3 heterocycles. The highest BCUT2D eigenvalue weighted by atomic mass is 32.2. The number of anilines is 1. The van der Waals surface area contributed by atoms with Crippen molar-refractivity contribution in [1.29, 1.82) is 0 Å². The van der Waals surface area contributed by atoms with Crippen molar-refractivity contribution in [2.24, 2.45) is 0 Å². The molecular formula is C27H30N4O5S2. The van der Waals surface area contributed by atoms with Gasteiger partial charge >= 0.3 is 5.97 Å². The molecule has 0 spiro atoms. The third kappa shape index (κ3) is 4.94. The molecule has 2 aromatic carbocycles. The van der Waals surface area contributed by atoms with Crippen LogP contribution in [-0.4, -0.2) is 72.9 Å². The van der Waals surface area contributed by atoms with Crippen LogP contribution in [0.2, 0.25) is 0 Å². The number of amides is 1. The molecule has 1 atom stereocenters. The molecule has 1 N–H and O–H groups in total. The van der Waals surface area contributed by atoms with Gasteiger partial charge in [-0.3, -0.25) is 14.5 Å². The summed E-state index contributed by atoms with van der Waals surface area (Å²) >= 11 is 1.11. The molecule has 0 bridgehead atoms. The lowest BCUT2D eigenvalue weighted by Crippen LogP contribution is -2.59. The van der Waals surface area contributed by atoms with Crippen LogP contribution >= 0.6 is 11.3 Å². The molecule has 11 heteroatoms. The Balaban J connectivity index is 1.45. The van der Waals surface area contributed by atoms with E-state index in [9.17, 15) is 18.0 Å². The number of thiophene rings is 1. The van der Waals surface area contributed by atoms with Gasteiger partial charge in [0, 0.05) is 53.7 Å². The van der Waals surface area contributed by atoms with Crippen LogP contribution in [-0.2, 0) is 30.9 Å². The van der Waals surface area contributed by atoms with Gasteiger partial charge in [0.25, 0.3) is 10.0 Å². The number of nitrogens with one attached hydrogen (secondary N) is 1. The Bertz CT molecular complexity index is 1580. The minimum atomic E-state index is -3.89. The first-order chi connectivity index (χ1) is 18.3. The van der Waals surface area contributed by atoms with E-state index in [0.29, 0.717) is 12.2 Å². The summed E-state index contributed by atoms with van der Waals surface area (Å²) in [5, 5.41) is 6.74. The molecule has 2 aromatic heterocycles. The Morgan fingerprint density at radius 1 is 1.03 bits per heavy atom. The number of hydrogen-bond donors (Lipinski definition) is 1. The standard InChI is InChI=1S/C27H30N4O5S2/c1-3-30-22-9-6-5-8-20(22)21-16-19(11-12-23(21)30)28-27(33)24-17-29(18-25(32)36-4-2)13-14-31(24)38(34,35)26-10-7-15-37-26/h5-12,15-16,24H,3-4,13-14,17-18H2,1-2H3,(H,28,33). The van der Waals surface area contributed by atoms with Gasteiger partial charge in [0.05, 0.1) is 13.2 Å². The molecule has 1 amide bonds. The number of aromatic nitrogens is 1. The zero-order chi connectivity index (χ0) is 26.9. The Labute approximate surface area is 225 Å². The monoisotopic (exact) mass is 554 g/mol. The van der Waals surface area contributed by atoms with E-state index in [1.54, 1.807) is 23.3 Å². The smallest absolute Gasteiger partial charge is 0.320 e. The van der Waals surface area contributed by atoms with E-state index < -0.39 is 27.9 Å². The highest BCUT2D eigenvalue weighted by Gasteiger charge is 2.41. The number of nitrogens with zero attached hydrogens (tertiary/aromatic N) is 3. The number of esters is 1. The fourth-order valence-corrected chi connectivity index (χ4v) is 7.77. The van der Waals surface area contributed by atoms with Gasteiger partial charge in [-0.15, -0.1) is 11.3 Å². The van der Waals surface area contributed by atoms with Crippen LogP contribution in [0.5, 0.6) is 0 Å². The van der Waals surface area contributed by atoms with E-state index in [0.717, 1.165) is 39.7 Å². The maximum absolute atomic E-state index is 13.7. The van der Waals surface area contributed by atoms with Crippen molar-refractivity contribution in [3.63, 3.8) is 0 Å². The second kappa shape index (κ2) is 10.9. The first kappa shape index (κ1) is 26.4. The van der Waals surface area contributed by atoms with Crippen LogP contribution < -0.4 is 5.32 Å². The summed E-state index contributed by atoms with van der Waals surface area (Å²) in [6, 6.07) is 16.1. The van der Waals surface area contributed by atoms with Crippen molar-refractivity contribution in [3.05, 3.63) is 60.0 Å². The molecule has 0 saturated carbocycles. The molecular weight excluding hydrogens is 524 g/mol. The van der Waals surface area contributed by atoms with Crippen molar-refractivity contribution in [2.45, 2.75) is 30.6 Å². The summed E-state index contributed by atoms with van der Waals surface area (Å²) in [7, 11) is -3.89. The lowest BCUT2D eigenvalue weighted by molar-refractivity contribution is -0.145. The largest absolute Gasteiger partial charge is 0.465 e. The molecule has 0 radical (unpaired) electrons. The number of rotatable bonds is 8. The lowest BCUT2D eigenvalue weighted by Gasteiger charge is -2.38. The van der Waals surface area contributed by atoms with Gasteiger partial charge in [-0.2, -0.15) is 4.31 Å². The number of carbonyl (C=O) groups is 2. The van der Waals surface area contributed by atoms with E-state index in [2.05, 4.69) is 28.9 Å². The summed E-state index contributed by atoms with van der Waals surface area (Å²) < 4.78 is 35.6. The number of carbonyl (C=O) groups excluding carboxylic acids is 2. The van der Waals surface area contributed by atoms with Crippen LogP contribution in [0.25, 0.3) is 21.8 Å². The van der Waals surface area contributed by atoms with Gasteiger partial charge in [-0.25, -0.2) is 8.42 Å². The van der Waals surface area contributed by atoms with Crippen molar-refractivity contribution < 1.29 is 22.7 Å². The fraction of sp³-hybridized carbons (Fsp3) is 0.333. The topological polar surface area (TPSA) is 101 Å². The number of para-hydroxylation sites is 1. The first-order valence-electron chi connectivity index (χ1n) is 12.6. The fourth-order valence-electron chi connectivity index (χ4n) is 5.08. The molecule has 5 rings (SSSR count). The Kier molecular flexibility index (Phi) is 7.53. The molecule has 1 unspecified atom stereocenters. The predicted molar refractivity (Wildman–Crippen MR) is 149 cm³/mol. The van der Waals surface area contributed by atoms with Crippen LogP contribution in [0.4, 0.5) is 5.69 Å². The van der Waals surface area contributed by atoms with Crippen molar-refractivity contribution in [3.8, 4) is 0 Å². The zero-order valence-corrected chi connectivity index (χ0v) is 22.9. The number of aryl methyl sites for hydroxylation is 1. The molecule has 9 nitrogen and oxygen atoms in total. The molecule has 200 valence electrons. The van der Waals surface area contributed by atoms with Crippen LogP contribution in [0.1, 0.15) is 13.8 Å². The maximum atomic E-state index is 13.7. The summed E-state index contributed by atoms with van der Waals surface area (Å²) in [5.41, 5.74) is 2.76. The van der Waals surface area contributed by atoms with Crippen molar-refractivity contribution in [2.75, 3.05) is 38.1 Å². The minimum Gasteiger partial charge on any atom is -0.465 e. The molecule has 38 heavy (non-hydrogen) atoms. The predicted octanol–water partition coefficient (Wildman–Crippen LogP) is 3.75. The second-order valence-electron chi connectivity index (χ2n) is 9.09. The van der Waals surface area contributed by atoms with Crippen LogP contribution in [0.3, 0.4) is 0 Å². The molecule has 1 saturated heterocycles. The van der Waals surface area contributed by atoms with Crippen LogP contribution in [0, 0.1) is 0 Å². The summed E-state index contributed by atoms with van der Waals surface area (Å²) in [6.45, 7) is 5.36. The molecule has 1 fully saturated rings. The van der Waals surface area contributed by atoms with E-state index in [1.165, 1.54) is 10.4 Å². The van der Waals surface area contributed by atoms with E-state index in [4.69, 9.17) is 4.74 Å². The molecule has 1 aliphatic heterocycles. The van der Waals surface area contributed by atoms with Gasteiger partial charge in [-0.1, -0.05) is 24.3 Å². The van der Waals surface area contributed by atoms with Gasteiger partial charge in [0.1, 0.15) is 10.3 Å². The summed E-state index contributed by atoms with van der Waals surface area (Å²) in [4.78, 5) is 27.5. The summed E-state index contributed by atoms with van der Waals surface area (Å²) in [6.07, 6.45) is 0. The van der Waals surface area contributed by atoms with Crippen molar-refractivity contribution >= 4 is 60.7 Å². The van der Waals surface area contributed by atoms with Crippen molar-refractivity contribution in [1.82, 2.24) is 13.8 Å². The number of hydrogen-bond acceptors (Lipinski definition) is 7. The Morgan fingerprint density at radius 3 is 2.55 bits per heavy atom. The highest BCUT2D eigenvalue weighted by Crippen LogP contribution is 2.31. The highest BCUT2D eigenvalue weighted by molar-refractivity contribution is 7.91. The van der Waals surface area contributed by atoms with Gasteiger partial charge < -0.3 is 14.6 Å². The van der Waals surface area contributed by atoms with E-state index in [-0.39, 0.29) is 30.5 Å². The molecule has 4 aromatic rings. The Hall–Kier alpha value is -3.25. The number of fused-ring (bicyclic) bond motifs is 3. The van der Waals surface area contributed by atoms with Gasteiger partial charge in [0.15, 0.2) is 0 Å². The third-order valence-corrected chi connectivity index (χ3v) is 10.1. The molecule has 1 aliphatic rings. The maximum Gasteiger partial charge on any atom is 0.320 e. The summed E-state index contributed by atoms with van der Waals surface area (Å²) in [5.74, 6) is -0.851. The number of ether oxygens (including phenoxy) is 1. The number of piperazine rings is 1. The lowest BCUT2D eigenvalue weighted by atomic mass is 10.1. The Morgan fingerprint density at radius 2 is 1.82 bits per heavy atom. The number of sulfonamides is 1. The quantitative estimate of drug-likeness (QED) is 0.333. The van der Waals surface area contributed by atoms with E-state index >= 15 is 0 Å². The average molecular weight is 555 g/mol. The molecule has 0 aliphatic carbocycles. The zero-order valence-electron chi connectivity index (χ0n) is 21.3. The third-order valence-electron chi connectivity index (χ3n) is 6.79. The van der Waals surface area contributed by atoms with Gasteiger partial charge in [-0.05, 0) is 49.6 Å².